The maximum atomic E-state index is 14.2. The lowest BCUT2D eigenvalue weighted by Crippen LogP contribution is -2.48. The molecular formula is C15H23Cl2F3N2O. The van der Waals surface area contributed by atoms with Crippen LogP contribution < -0.4 is 5.32 Å². The third-order valence-electron chi connectivity index (χ3n) is 3.79. The molecule has 0 aliphatic carbocycles. The first-order valence-corrected chi connectivity index (χ1v) is 7.04. The largest absolute Gasteiger partial charge is 0.507 e. The molecule has 0 unspecified atom stereocenters. The summed E-state index contributed by atoms with van der Waals surface area (Å²) >= 11 is 0. The predicted octanol–water partition coefficient (Wildman–Crippen LogP) is 3.65. The summed E-state index contributed by atoms with van der Waals surface area (Å²) in [7, 11) is 0. The van der Waals surface area contributed by atoms with Crippen molar-refractivity contribution in [2.45, 2.75) is 26.8 Å². The Morgan fingerprint density at radius 2 is 1.61 bits per heavy atom. The van der Waals surface area contributed by atoms with Crippen LogP contribution in [0, 0.1) is 22.9 Å². The van der Waals surface area contributed by atoms with Crippen molar-refractivity contribution >= 4 is 24.8 Å². The first kappa shape index (κ1) is 22.3. The van der Waals surface area contributed by atoms with Crippen LogP contribution >= 0.6 is 24.8 Å². The van der Waals surface area contributed by atoms with Gasteiger partial charge in [0, 0.05) is 38.3 Å². The van der Waals surface area contributed by atoms with Crippen molar-refractivity contribution in [1.82, 2.24) is 10.2 Å². The van der Waals surface area contributed by atoms with Gasteiger partial charge in [-0.3, -0.25) is 4.90 Å². The van der Waals surface area contributed by atoms with Crippen LogP contribution in [0.4, 0.5) is 13.2 Å². The Morgan fingerprint density at radius 3 is 2.09 bits per heavy atom. The van der Waals surface area contributed by atoms with Gasteiger partial charge in [0.2, 0.25) is 0 Å². The second-order valence-corrected chi connectivity index (χ2v) is 6.47. The Bertz CT molecular complexity index is 532. The highest BCUT2D eigenvalue weighted by atomic mass is 35.5. The van der Waals surface area contributed by atoms with E-state index in [2.05, 4.69) is 5.32 Å². The number of rotatable bonds is 2. The molecule has 1 heterocycles. The van der Waals surface area contributed by atoms with Crippen LogP contribution in [0.1, 0.15) is 32.4 Å². The standard InChI is InChI=1S/C15H21F3N2O.2ClH/c1-15(2,3)14(20-6-4-19-5-7-20)11-10(21)8-9(16)12(17)13(11)18;;/h8,14,19,21H,4-7H2,1-3H3;2*1H/t14-;;/m0../s1. The van der Waals surface area contributed by atoms with E-state index in [-0.39, 0.29) is 30.4 Å². The topological polar surface area (TPSA) is 35.5 Å². The van der Waals surface area contributed by atoms with Crippen LogP contribution in [0.2, 0.25) is 0 Å². The van der Waals surface area contributed by atoms with Gasteiger partial charge in [0.15, 0.2) is 17.5 Å². The molecule has 3 nitrogen and oxygen atoms in total. The molecule has 0 radical (unpaired) electrons. The number of nitrogens with one attached hydrogen (secondary N) is 1. The van der Waals surface area contributed by atoms with E-state index in [0.717, 1.165) is 13.1 Å². The van der Waals surface area contributed by atoms with E-state index >= 15 is 0 Å². The summed E-state index contributed by atoms with van der Waals surface area (Å²) in [5.41, 5.74) is -0.608. The lowest BCUT2D eigenvalue weighted by atomic mass is 9.80. The summed E-state index contributed by atoms with van der Waals surface area (Å²) in [5, 5.41) is 13.2. The number of phenolic OH excluding ortho intramolecular Hbond substituents is 1. The Balaban J connectivity index is 0.00000242. The molecule has 1 aliphatic rings. The highest BCUT2D eigenvalue weighted by Crippen LogP contribution is 2.43. The Hall–Kier alpha value is -0.690. The molecule has 0 saturated carbocycles. The number of benzene rings is 1. The number of phenols is 1. The quantitative estimate of drug-likeness (QED) is 0.775. The average molecular weight is 375 g/mol. The monoisotopic (exact) mass is 374 g/mol. The Labute approximate surface area is 147 Å². The van der Waals surface area contributed by atoms with Gasteiger partial charge in [-0.1, -0.05) is 20.8 Å². The molecule has 0 aromatic heterocycles. The third kappa shape index (κ3) is 4.66. The van der Waals surface area contributed by atoms with Crippen LogP contribution in [0.3, 0.4) is 0 Å². The summed E-state index contributed by atoms with van der Waals surface area (Å²) in [6.07, 6.45) is 0. The van der Waals surface area contributed by atoms with Crippen molar-refractivity contribution in [3.8, 4) is 5.75 Å². The summed E-state index contributed by atoms with van der Waals surface area (Å²) in [6.45, 7) is 8.44. The number of aromatic hydroxyl groups is 1. The lowest BCUT2D eigenvalue weighted by Gasteiger charge is -2.42. The van der Waals surface area contributed by atoms with E-state index in [1.54, 1.807) is 0 Å². The average Bonchev–Trinajstić information content (AvgIpc) is 2.40. The molecule has 1 aromatic rings. The van der Waals surface area contributed by atoms with Gasteiger partial charge in [0.05, 0.1) is 5.56 Å². The molecular weight excluding hydrogens is 352 g/mol. The van der Waals surface area contributed by atoms with Gasteiger partial charge in [-0.05, 0) is 5.41 Å². The SMILES string of the molecule is CC(C)(C)[C@H](c1c(O)cc(F)c(F)c1F)N1CCNCC1.Cl.Cl. The zero-order valence-corrected chi connectivity index (χ0v) is 15.0. The van der Waals surface area contributed by atoms with Crippen LogP contribution in [0.15, 0.2) is 6.07 Å². The van der Waals surface area contributed by atoms with E-state index in [4.69, 9.17) is 0 Å². The molecule has 1 atom stereocenters. The van der Waals surface area contributed by atoms with Gasteiger partial charge in [0.1, 0.15) is 5.75 Å². The summed E-state index contributed by atoms with van der Waals surface area (Å²) in [5.74, 6) is -4.75. The first-order valence-electron chi connectivity index (χ1n) is 7.04. The number of hydrogen-bond donors (Lipinski definition) is 2. The van der Waals surface area contributed by atoms with Crippen LogP contribution in [0.25, 0.3) is 0 Å². The van der Waals surface area contributed by atoms with Gasteiger partial charge in [-0.2, -0.15) is 0 Å². The van der Waals surface area contributed by atoms with Crippen LogP contribution in [-0.4, -0.2) is 36.2 Å². The zero-order chi connectivity index (χ0) is 15.8. The highest BCUT2D eigenvalue weighted by molar-refractivity contribution is 5.85. The van der Waals surface area contributed by atoms with Gasteiger partial charge >= 0.3 is 0 Å². The molecule has 1 aliphatic heterocycles. The fraction of sp³-hybridized carbons (Fsp3) is 0.600. The molecule has 2 N–H and O–H groups in total. The minimum atomic E-state index is -1.54. The maximum absolute atomic E-state index is 14.2. The van der Waals surface area contributed by atoms with Crippen molar-refractivity contribution in [2.75, 3.05) is 26.2 Å². The molecule has 2 rings (SSSR count). The molecule has 0 spiro atoms. The summed E-state index contributed by atoms with van der Waals surface area (Å²) < 4.78 is 41.1. The van der Waals surface area contributed by atoms with Gasteiger partial charge < -0.3 is 10.4 Å². The summed E-state index contributed by atoms with van der Waals surface area (Å²) in [6, 6.07) is 0.115. The van der Waals surface area contributed by atoms with Crippen LogP contribution in [-0.2, 0) is 0 Å². The molecule has 1 saturated heterocycles. The van der Waals surface area contributed by atoms with Crippen molar-refractivity contribution < 1.29 is 18.3 Å². The Kier molecular flexibility index (Phi) is 8.17. The van der Waals surface area contributed by atoms with E-state index in [1.807, 2.05) is 25.7 Å². The second-order valence-electron chi connectivity index (χ2n) is 6.47. The van der Waals surface area contributed by atoms with Crippen molar-refractivity contribution in [3.63, 3.8) is 0 Å². The predicted molar refractivity (Wildman–Crippen MR) is 89.1 cm³/mol. The highest BCUT2D eigenvalue weighted by Gasteiger charge is 2.37. The van der Waals surface area contributed by atoms with E-state index in [0.29, 0.717) is 19.2 Å². The second kappa shape index (κ2) is 8.42. The fourth-order valence-corrected chi connectivity index (χ4v) is 2.96. The number of halogens is 5. The zero-order valence-electron chi connectivity index (χ0n) is 13.3. The van der Waals surface area contributed by atoms with Gasteiger partial charge in [-0.15, -0.1) is 24.8 Å². The van der Waals surface area contributed by atoms with Gasteiger partial charge in [0.25, 0.3) is 0 Å². The molecule has 1 fully saturated rings. The fourth-order valence-electron chi connectivity index (χ4n) is 2.96. The molecule has 0 amide bonds. The van der Waals surface area contributed by atoms with Crippen molar-refractivity contribution in [1.29, 1.82) is 0 Å². The number of nitrogens with zero attached hydrogens (tertiary/aromatic N) is 1. The molecule has 8 heteroatoms. The van der Waals surface area contributed by atoms with E-state index in [1.165, 1.54) is 0 Å². The minimum Gasteiger partial charge on any atom is -0.507 e. The Morgan fingerprint density at radius 1 is 1.09 bits per heavy atom. The normalized spacial score (nSPS) is 17.1. The molecule has 1 aromatic carbocycles. The van der Waals surface area contributed by atoms with E-state index in [9.17, 15) is 18.3 Å². The smallest absolute Gasteiger partial charge is 0.195 e. The minimum absolute atomic E-state index is 0. The van der Waals surface area contributed by atoms with E-state index < -0.39 is 34.7 Å². The number of piperazine rings is 1. The third-order valence-corrected chi connectivity index (χ3v) is 3.79. The number of hydrogen-bond acceptors (Lipinski definition) is 3. The van der Waals surface area contributed by atoms with Crippen molar-refractivity contribution in [3.05, 3.63) is 29.1 Å². The summed E-state index contributed by atoms with van der Waals surface area (Å²) in [4.78, 5) is 1.99. The van der Waals surface area contributed by atoms with Gasteiger partial charge in [-0.25, -0.2) is 13.2 Å². The maximum Gasteiger partial charge on any atom is 0.195 e. The molecule has 134 valence electrons. The lowest BCUT2D eigenvalue weighted by molar-refractivity contribution is 0.0804. The molecule has 0 bridgehead atoms. The first-order chi connectivity index (χ1) is 9.73. The molecule has 23 heavy (non-hydrogen) atoms. The van der Waals surface area contributed by atoms with Crippen LogP contribution in [0.5, 0.6) is 5.75 Å². The van der Waals surface area contributed by atoms with Crippen molar-refractivity contribution in [2.24, 2.45) is 5.41 Å².